The van der Waals surface area contributed by atoms with Gasteiger partial charge >= 0.3 is 0 Å². The van der Waals surface area contributed by atoms with Crippen molar-refractivity contribution in [2.75, 3.05) is 0 Å². The van der Waals surface area contributed by atoms with Crippen LogP contribution in [0.25, 0.3) is 0 Å². The van der Waals surface area contributed by atoms with E-state index in [1.54, 1.807) is 42.2 Å². The van der Waals surface area contributed by atoms with Gasteiger partial charge in [-0.2, -0.15) is 5.10 Å². The lowest BCUT2D eigenvalue weighted by Crippen LogP contribution is -2.13. The molecule has 0 N–H and O–H groups in total. The Morgan fingerprint density at radius 3 is 2.11 bits per heavy atom. The molecule has 0 fully saturated rings. The van der Waals surface area contributed by atoms with Crippen molar-refractivity contribution in [3.05, 3.63) is 52.8 Å². The Morgan fingerprint density at radius 2 is 1.67 bits per heavy atom. The van der Waals surface area contributed by atoms with E-state index in [1.165, 1.54) is 0 Å². The van der Waals surface area contributed by atoms with Crippen molar-refractivity contribution in [2.45, 2.75) is 12.8 Å². The third-order valence-corrected chi connectivity index (χ3v) is 3.57. The molecule has 2 aromatic rings. The molecule has 90 valence electrons. The lowest BCUT2D eigenvalue weighted by molar-refractivity contribution is 0.0889. The quantitative estimate of drug-likeness (QED) is 0.715. The van der Waals surface area contributed by atoms with Crippen LogP contribution < -0.4 is 0 Å². The van der Waals surface area contributed by atoms with Gasteiger partial charge in [-0.25, -0.2) is 0 Å². The second-order valence-corrected chi connectivity index (χ2v) is 4.52. The van der Waals surface area contributed by atoms with Gasteiger partial charge < -0.3 is 0 Å². The Hall–Kier alpha value is -2.23. The van der Waals surface area contributed by atoms with Crippen molar-refractivity contribution in [1.82, 2.24) is 9.78 Å². The Bertz CT molecular complexity index is 635. The first kappa shape index (κ1) is 10.9. The fourth-order valence-electron chi connectivity index (χ4n) is 2.42. The van der Waals surface area contributed by atoms with Crippen LogP contribution in [0.5, 0.6) is 0 Å². The SMILES string of the molecule is Cc1c(C2C(=O)c3ccccc3C2=O)cnn1C. The van der Waals surface area contributed by atoms with Crippen LogP contribution in [-0.2, 0) is 7.05 Å². The topological polar surface area (TPSA) is 52.0 Å². The van der Waals surface area contributed by atoms with E-state index < -0.39 is 5.92 Å². The van der Waals surface area contributed by atoms with Crippen molar-refractivity contribution < 1.29 is 9.59 Å². The monoisotopic (exact) mass is 240 g/mol. The van der Waals surface area contributed by atoms with Crippen LogP contribution in [-0.4, -0.2) is 21.3 Å². The second kappa shape index (κ2) is 3.63. The standard InChI is InChI=1S/C14H12N2O2/c1-8-11(7-15-16(8)2)12-13(17)9-5-3-4-6-10(9)14(12)18/h3-7,12H,1-2H3. The minimum absolute atomic E-state index is 0.119. The normalized spacial score (nSPS) is 15.2. The molecule has 1 aromatic heterocycles. The van der Waals surface area contributed by atoms with Crippen LogP contribution in [0.1, 0.15) is 37.9 Å². The summed E-state index contributed by atoms with van der Waals surface area (Å²) in [6, 6.07) is 6.98. The highest BCUT2D eigenvalue weighted by Gasteiger charge is 2.40. The molecular weight excluding hydrogens is 228 g/mol. The molecule has 0 aliphatic heterocycles. The lowest BCUT2D eigenvalue weighted by atomic mass is 9.95. The third-order valence-electron chi connectivity index (χ3n) is 3.57. The van der Waals surface area contributed by atoms with Crippen LogP contribution in [0.3, 0.4) is 0 Å². The fraction of sp³-hybridized carbons (Fsp3) is 0.214. The second-order valence-electron chi connectivity index (χ2n) is 4.52. The van der Waals surface area contributed by atoms with E-state index >= 15 is 0 Å². The molecule has 4 nitrogen and oxygen atoms in total. The van der Waals surface area contributed by atoms with Gasteiger partial charge in [0.2, 0.25) is 0 Å². The molecule has 0 saturated carbocycles. The molecular formula is C14H12N2O2. The van der Waals surface area contributed by atoms with Gasteiger partial charge in [-0.1, -0.05) is 24.3 Å². The Labute approximate surface area is 104 Å². The zero-order valence-electron chi connectivity index (χ0n) is 10.2. The van der Waals surface area contributed by atoms with E-state index in [1.807, 2.05) is 6.92 Å². The molecule has 1 aromatic carbocycles. The number of benzene rings is 1. The van der Waals surface area contributed by atoms with Crippen molar-refractivity contribution in [3.8, 4) is 0 Å². The van der Waals surface area contributed by atoms with Crippen LogP contribution >= 0.6 is 0 Å². The molecule has 0 atom stereocenters. The molecule has 1 aliphatic rings. The fourth-order valence-corrected chi connectivity index (χ4v) is 2.42. The number of fused-ring (bicyclic) bond motifs is 1. The van der Waals surface area contributed by atoms with Crippen molar-refractivity contribution in [3.63, 3.8) is 0 Å². The summed E-state index contributed by atoms with van der Waals surface area (Å²) in [7, 11) is 1.80. The average Bonchev–Trinajstić information content (AvgIpc) is 2.82. The molecule has 0 spiro atoms. The predicted molar refractivity (Wildman–Crippen MR) is 65.8 cm³/mol. The average molecular weight is 240 g/mol. The minimum Gasteiger partial charge on any atom is -0.293 e. The van der Waals surface area contributed by atoms with E-state index in [9.17, 15) is 9.59 Å². The summed E-state index contributed by atoms with van der Waals surface area (Å²) in [6.45, 7) is 1.87. The van der Waals surface area contributed by atoms with Gasteiger partial charge in [0.25, 0.3) is 0 Å². The number of carbonyl (C=O) groups excluding carboxylic acids is 2. The summed E-state index contributed by atoms with van der Waals surface area (Å²) in [5.74, 6) is -0.950. The van der Waals surface area contributed by atoms with Crippen molar-refractivity contribution in [2.24, 2.45) is 7.05 Å². The highest BCUT2D eigenvalue weighted by atomic mass is 16.2. The number of ketones is 2. The summed E-state index contributed by atoms with van der Waals surface area (Å²) in [5, 5.41) is 4.10. The highest BCUT2D eigenvalue weighted by Crippen LogP contribution is 2.34. The number of nitrogens with zero attached hydrogens (tertiary/aromatic N) is 2. The molecule has 18 heavy (non-hydrogen) atoms. The maximum atomic E-state index is 12.3. The third kappa shape index (κ3) is 1.29. The van der Waals surface area contributed by atoms with E-state index in [2.05, 4.69) is 5.10 Å². The predicted octanol–water partition coefficient (Wildman–Crippen LogP) is 1.89. The molecule has 0 bridgehead atoms. The number of rotatable bonds is 1. The molecule has 0 amide bonds. The van der Waals surface area contributed by atoms with E-state index in [0.29, 0.717) is 16.7 Å². The van der Waals surface area contributed by atoms with Gasteiger partial charge in [0, 0.05) is 29.4 Å². The largest absolute Gasteiger partial charge is 0.293 e. The van der Waals surface area contributed by atoms with Gasteiger partial charge in [-0.15, -0.1) is 0 Å². The molecule has 1 aliphatic carbocycles. The summed E-state index contributed by atoms with van der Waals surface area (Å²) in [6.07, 6.45) is 1.61. The van der Waals surface area contributed by atoms with Gasteiger partial charge in [0.05, 0.1) is 6.20 Å². The summed E-state index contributed by atoms with van der Waals surface area (Å²) >= 11 is 0. The number of aromatic nitrogens is 2. The van der Waals surface area contributed by atoms with Crippen LogP contribution in [0.4, 0.5) is 0 Å². The van der Waals surface area contributed by atoms with Gasteiger partial charge in [-0.3, -0.25) is 14.3 Å². The Kier molecular flexibility index (Phi) is 2.20. The molecule has 1 heterocycles. The van der Waals surface area contributed by atoms with E-state index in [-0.39, 0.29) is 11.6 Å². The number of Topliss-reactive ketones (excluding diaryl/α,β-unsaturated/α-hetero) is 2. The maximum Gasteiger partial charge on any atom is 0.178 e. The number of aryl methyl sites for hydroxylation is 1. The number of hydrogen-bond donors (Lipinski definition) is 0. The molecule has 0 radical (unpaired) electrons. The Balaban J connectivity index is 2.15. The Morgan fingerprint density at radius 1 is 1.11 bits per heavy atom. The lowest BCUT2D eigenvalue weighted by Gasteiger charge is -2.05. The zero-order chi connectivity index (χ0) is 12.9. The highest BCUT2D eigenvalue weighted by molar-refractivity contribution is 6.29. The van der Waals surface area contributed by atoms with Crippen LogP contribution in [0.2, 0.25) is 0 Å². The first-order valence-corrected chi connectivity index (χ1v) is 5.77. The van der Waals surface area contributed by atoms with E-state index in [0.717, 1.165) is 5.69 Å². The smallest absolute Gasteiger partial charge is 0.178 e. The first-order chi connectivity index (χ1) is 8.61. The van der Waals surface area contributed by atoms with Crippen molar-refractivity contribution >= 4 is 11.6 Å². The number of carbonyl (C=O) groups is 2. The number of hydrogen-bond acceptors (Lipinski definition) is 3. The minimum atomic E-state index is -0.712. The maximum absolute atomic E-state index is 12.3. The van der Waals surface area contributed by atoms with E-state index in [4.69, 9.17) is 0 Å². The van der Waals surface area contributed by atoms with Gasteiger partial charge in [0.15, 0.2) is 11.6 Å². The van der Waals surface area contributed by atoms with Crippen molar-refractivity contribution in [1.29, 1.82) is 0 Å². The molecule has 3 rings (SSSR count). The molecule has 4 heteroatoms. The summed E-state index contributed by atoms with van der Waals surface area (Å²) in [5.41, 5.74) is 2.62. The zero-order valence-corrected chi connectivity index (χ0v) is 10.2. The molecule has 0 unspecified atom stereocenters. The van der Waals surface area contributed by atoms with Gasteiger partial charge in [0.1, 0.15) is 5.92 Å². The first-order valence-electron chi connectivity index (χ1n) is 5.77. The van der Waals surface area contributed by atoms with Crippen LogP contribution in [0, 0.1) is 6.92 Å². The molecule has 0 saturated heterocycles. The summed E-state index contributed by atoms with van der Waals surface area (Å²) in [4.78, 5) is 24.6. The van der Waals surface area contributed by atoms with Gasteiger partial charge in [-0.05, 0) is 6.92 Å². The van der Waals surface area contributed by atoms with Crippen LogP contribution in [0.15, 0.2) is 30.5 Å². The summed E-state index contributed by atoms with van der Waals surface area (Å²) < 4.78 is 1.68.